The second-order valence-corrected chi connectivity index (χ2v) is 9.09. The van der Waals surface area contributed by atoms with Crippen molar-refractivity contribution in [3.63, 3.8) is 0 Å². The molecule has 0 aliphatic carbocycles. The van der Waals surface area contributed by atoms with E-state index in [2.05, 4.69) is 5.10 Å². The molecule has 8 nitrogen and oxygen atoms in total. The number of aromatic nitrogens is 2. The molecular weight excluding hydrogens is 390 g/mol. The van der Waals surface area contributed by atoms with Gasteiger partial charge >= 0.3 is 0 Å². The van der Waals surface area contributed by atoms with Gasteiger partial charge < -0.3 is 18.8 Å². The molecule has 1 fully saturated rings. The number of hydrogen-bond acceptors (Lipinski definition) is 7. The van der Waals surface area contributed by atoms with Crippen LogP contribution in [0.15, 0.2) is 22.6 Å². The number of rotatable bonds is 7. The van der Waals surface area contributed by atoms with Crippen LogP contribution in [0, 0.1) is 4.84 Å². The van der Waals surface area contributed by atoms with Crippen LogP contribution in [0.5, 0.6) is 11.5 Å². The fourth-order valence-corrected chi connectivity index (χ4v) is 5.34. The Hall–Kier alpha value is -1.91. The summed E-state index contributed by atoms with van der Waals surface area (Å²) >= 11 is 5.32. The van der Waals surface area contributed by atoms with Gasteiger partial charge in [0.1, 0.15) is 23.3 Å². The summed E-state index contributed by atoms with van der Waals surface area (Å²) in [4.78, 5) is 1.36. The molecule has 0 amide bonds. The largest absolute Gasteiger partial charge is 0.497 e. The molecule has 1 unspecified atom stereocenters. The molecule has 1 aromatic carbocycles. The average Bonchev–Trinajstić information content (AvgIpc) is 3.20. The molecule has 27 heavy (non-hydrogen) atoms. The first-order chi connectivity index (χ1) is 12.9. The smallest absolute Gasteiger partial charge is 0.292 e. The van der Waals surface area contributed by atoms with E-state index in [0.29, 0.717) is 36.0 Å². The number of benzene rings is 1. The first-order valence-electron chi connectivity index (χ1n) is 8.72. The third kappa shape index (κ3) is 4.33. The van der Waals surface area contributed by atoms with Crippen molar-refractivity contribution in [2.75, 3.05) is 32.3 Å². The fraction of sp³-hybridized carbons (Fsp3) is 0.529. The Kier molecular flexibility index (Phi) is 5.87. The maximum Gasteiger partial charge on any atom is 0.292 e. The van der Waals surface area contributed by atoms with Crippen molar-refractivity contribution in [2.24, 2.45) is 0 Å². The molecule has 3 rings (SSSR count). The first kappa shape index (κ1) is 19.8. The normalized spacial score (nSPS) is 19.7. The van der Waals surface area contributed by atoms with Crippen LogP contribution in [0.3, 0.4) is 0 Å². The van der Waals surface area contributed by atoms with E-state index in [1.54, 1.807) is 37.1 Å². The zero-order valence-electron chi connectivity index (χ0n) is 15.6. The van der Waals surface area contributed by atoms with Gasteiger partial charge in [0.15, 0.2) is 16.5 Å². The highest BCUT2D eigenvalue weighted by molar-refractivity contribution is 7.91. The summed E-state index contributed by atoms with van der Waals surface area (Å²) in [6.45, 7) is 3.25. The van der Waals surface area contributed by atoms with Gasteiger partial charge in [0, 0.05) is 12.5 Å². The maximum absolute atomic E-state index is 11.8. The van der Waals surface area contributed by atoms with Gasteiger partial charge in [-0.2, -0.15) is 4.68 Å². The molecule has 2 atom stereocenters. The zero-order chi connectivity index (χ0) is 19.6. The van der Waals surface area contributed by atoms with E-state index < -0.39 is 9.84 Å². The SMILES string of the molecule is CC[NH+](Cn1nc(-c2ccc(OC)cc2OC)oc1=S)[C@@H]1CCS(=O)(=O)C1. The van der Waals surface area contributed by atoms with Crippen molar-refractivity contribution in [3.8, 4) is 23.0 Å². The number of methoxy groups -OCH3 is 2. The minimum Gasteiger partial charge on any atom is -0.497 e. The van der Waals surface area contributed by atoms with Crippen LogP contribution in [0.2, 0.25) is 0 Å². The molecule has 1 aliphatic heterocycles. The summed E-state index contributed by atoms with van der Waals surface area (Å²) in [7, 11) is 0.212. The van der Waals surface area contributed by atoms with Crippen LogP contribution in [-0.2, 0) is 16.5 Å². The van der Waals surface area contributed by atoms with Crippen LogP contribution >= 0.6 is 12.2 Å². The lowest BCUT2D eigenvalue weighted by Crippen LogP contribution is -3.15. The van der Waals surface area contributed by atoms with Crippen molar-refractivity contribution in [1.82, 2.24) is 9.78 Å². The highest BCUT2D eigenvalue weighted by Gasteiger charge is 2.35. The number of sulfone groups is 1. The lowest BCUT2D eigenvalue weighted by atomic mass is 10.2. The predicted octanol–water partition coefficient (Wildman–Crippen LogP) is 0.939. The number of nitrogens with one attached hydrogen (secondary N) is 1. The van der Waals surface area contributed by atoms with Crippen molar-refractivity contribution < 1.29 is 27.2 Å². The van der Waals surface area contributed by atoms with Crippen molar-refractivity contribution >= 4 is 22.1 Å². The lowest BCUT2D eigenvalue weighted by molar-refractivity contribution is -0.943. The molecule has 1 saturated heterocycles. The molecule has 0 spiro atoms. The fourth-order valence-electron chi connectivity index (χ4n) is 3.33. The van der Waals surface area contributed by atoms with E-state index >= 15 is 0 Å². The third-order valence-electron chi connectivity index (χ3n) is 4.86. The van der Waals surface area contributed by atoms with Crippen LogP contribution in [-0.4, -0.2) is 56.5 Å². The molecule has 1 aromatic heterocycles. The Balaban J connectivity index is 1.85. The minimum absolute atomic E-state index is 0.0533. The first-order valence-corrected chi connectivity index (χ1v) is 10.9. The molecule has 1 N–H and O–H groups in total. The number of hydrogen-bond donors (Lipinski definition) is 1. The Morgan fingerprint density at radius 1 is 1.37 bits per heavy atom. The molecular formula is C17H24N3O5S2+. The van der Waals surface area contributed by atoms with E-state index in [-0.39, 0.29) is 22.4 Å². The predicted molar refractivity (Wildman–Crippen MR) is 102 cm³/mol. The molecule has 148 valence electrons. The van der Waals surface area contributed by atoms with E-state index in [1.165, 1.54) is 0 Å². The molecule has 0 bridgehead atoms. The van der Waals surface area contributed by atoms with Gasteiger partial charge in [0.25, 0.3) is 10.7 Å². The second-order valence-electron chi connectivity index (χ2n) is 6.51. The van der Waals surface area contributed by atoms with Gasteiger partial charge in [-0.15, -0.1) is 5.10 Å². The summed E-state index contributed by atoms with van der Waals surface area (Å²) in [5.41, 5.74) is 0.671. The molecule has 1 aliphatic rings. The molecule has 2 heterocycles. The standard InChI is InChI=1S/C17H23N3O5S2/c1-4-19(12-7-8-27(21,22)10-12)11-20-17(26)25-16(18-20)14-6-5-13(23-2)9-15(14)24-3/h5-6,9,12H,4,7-8,10-11H2,1-3H3/p+1/t12-/m1/s1. The van der Waals surface area contributed by atoms with E-state index in [0.717, 1.165) is 11.4 Å². The Labute approximate surface area is 163 Å². The molecule has 2 aromatic rings. The highest BCUT2D eigenvalue weighted by Crippen LogP contribution is 2.32. The van der Waals surface area contributed by atoms with Gasteiger partial charge in [0.05, 0.1) is 32.1 Å². The Bertz CT molecular complexity index is 967. The van der Waals surface area contributed by atoms with Crippen LogP contribution in [0.4, 0.5) is 0 Å². The maximum atomic E-state index is 11.8. The van der Waals surface area contributed by atoms with Crippen LogP contribution in [0.1, 0.15) is 13.3 Å². The number of nitrogens with zero attached hydrogens (tertiary/aromatic N) is 2. The summed E-state index contributed by atoms with van der Waals surface area (Å²) in [5, 5.41) is 4.49. The quantitative estimate of drug-likeness (QED) is 0.675. The number of quaternary nitrogens is 1. The van der Waals surface area contributed by atoms with Gasteiger partial charge in [-0.3, -0.25) is 0 Å². The summed E-state index contributed by atoms with van der Waals surface area (Å²) in [6.07, 6.45) is 0.663. The second kappa shape index (κ2) is 7.99. The van der Waals surface area contributed by atoms with E-state index in [9.17, 15) is 8.42 Å². The van der Waals surface area contributed by atoms with Crippen molar-refractivity contribution in [2.45, 2.75) is 26.1 Å². The number of ether oxygens (including phenoxy) is 2. The monoisotopic (exact) mass is 414 g/mol. The van der Waals surface area contributed by atoms with Gasteiger partial charge in [-0.1, -0.05) is 0 Å². The summed E-state index contributed by atoms with van der Waals surface area (Å²) in [6, 6.07) is 5.40. The molecule has 0 radical (unpaired) electrons. The van der Waals surface area contributed by atoms with Gasteiger partial charge in [0.2, 0.25) is 0 Å². The van der Waals surface area contributed by atoms with Crippen molar-refractivity contribution in [3.05, 3.63) is 23.0 Å². The van der Waals surface area contributed by atoms with E-state index in [4.69, 9.17) is 26.1 Å². The third-order valence-corrected chi connectivity index (χ3v) is 6.92. The molecule has 0 saturated carbocycles. The van der Waals surface area contributed by atoms with Gasteiger partial charge in [-0.25, -0.2) is 8.42 Å². The summed E-state index contributed by atoms with van der Waals surface area (Å²) in [5.74, 6) is 2.05. The Morgan fingerprint density at radius 3 is 2.74 bits per heavy atom. The Morgan fingerprint density at radius 2 is 2.15 bits per heavy atom. The van der Waals surface area contributed by atoms with Crippen LogP contribution < -0.4 is 14.4 Å². The summed E-state index contributed by atoms with van der Waals surface area (Å²) < 4.78 is 41.5. The van der Waals surface area contributed by atoms with Crippen LogP contribution in [0.25, 0.3) is 11.5 Å². The van der Waals surface area contributed by atoms with Crippen molar-refractivity contribution in [1.29, 1.82) is 0 Å². The topological polar surface area (TPSA) is 88.0 Å². The van der Waals surface area contributed by atoms with E-state index in [1.807, 2.05) is 6.92 Å². The average molecular weight is 415 g/mol. The minimum atomic E-state index is -2.93. The van der Waals surface area contributed by atoms with Gasteiger partial charge in [-0.05, 0) is 31.3 Å². The highest BCUT2D eigenvalue weighted by atomic mass is 32.2. The zero-order valence-corrected chi connectivity index (χ0v) is 17.2. The lowest BCUT2D eigenvalue weighted by Gasteiger charge is -2.22. The molecule has 10 heteroatoms.